The molecule has 2 fully saturated rings. The summed E-state index contributed by atoms with van der Waals surface area (Å²) in [7, 11) is 0. The summed E-state index contributed by atoms with van der Waals surface area (Å²) in [4.78, 5) is 0. The molecule has 1 saturated heterocycles. The van der Waals surface area contributed by atoms with E-state index in [1.54, 1.807) is 0 Å². The van der Waals surface area contributed by atoms with Crippen molar-refractivity contribution in [2.75, 3.05) is 19.7 Å². The monoisotopic (exact) mass is 259 g/mol. The quantitative estimate of drug-likeness (QED) is 0.843. The highest BCUT2D eigenvalue weighted by Crippen LogP contribution is 2.35. The highest BCUT2D eigenvalue weighted by Gasteiger charge is 2.27. The van der Waals surface area contributed by atoms with Gasteiger partial charge in [-0.15, -0.1) is 0 Å². The Morgan fingerprint density at radius 1 is 1.16 bits per heavy atom. The topological polar surface area (TPSA) is 21.3 Å². The minimum Gasteiger partial charge on any atom is -0.373 e. The second-order valence-electron chi connectivity index (χ2n) is 6.04. The van der Waals surface area contributed by atoms with E-state index in [0.717, 1.165) is 19.1 Å². The van der Waals surface area contributed by atoms with Crippen LogP contribution in [0.15, 0.2) is 30.3 Å². The van der Waals surface area contributed by atoms with Crippen molar-refractivity contribution in [2.45, 2.75) is 38.2 Å². The minimum absolute atomic E-state index is 0.285. The fraction of sp³-hybridized carbons (Fsp3) is 0.647. The van der Waals surface area contributed by atoms with Crippen LogP contribution in [0, 0.1) is 11.8 Å². The first-order valence-corrected chi connectivity index (χ1v) is 7.81. The molecule has 1 aromatic carbocycles. The van der Waals surface area contributed by atoms with Gasteiger partial charge in [0.05, 0.1) is 6.10 Å². The van der Waals surface area contributed by atoms with Crippen molar-refractivity contribution in [3.8, 4) is 0 Å². The van der Waals surface area contributed by atoms with E-state index in [1.807, 2.05) is 0 Å². The van der Waals surface area contributed by atoms with E-state index in [9.17, 15) is 0 Å². The average Bonchev–Trinajstić information content (AvgIpc) is 3.30. The normalized spacial score (nSPS) is 25.2. The summed E-state index contributed by atoms with van der Waals surface area (Å²) in [5, 5.41) is 3.52. The zero-order valence-electron chi connectivity index (χ0n) is 11.7. The number of benzene rings is 1. The molecule has 2 heteroatoms. The van der Waals surface area contributed by atoms with Crippen LogP contribution < -0.4 is 5.32 Å². The van der Waals surface area contributed by atoms with E-state index in [-0.39, 0.29) is 6.10 Å². The van der Waals surface area contributed by atoms with Crippen molar-refractivity contribution in [1.82, 2.24) is 5.32 Å². The molecule has 0 amide bonds. The van der Waals surface area contributed by atoms with Crippen molar-refractivity contribution in [1.29, 1.82) is 0 Å². The van der Waals surface area contributed by atoms with Gasteiger partial charge >= 0.3 is 0 Å². The van der Waals surface area contributed by atoms with Crippen molar-refractivity contribution >= 4 is 0 Å². The highest BCUT2D eigenvalue weighted by atomic mass is 16.5. The van der Waals surface area contributed by atoms with Crippen LogP contribution in [0.5, 0.6) is 0 Å². The predicted octanol–water partition coefficient (Wildman–Crippen LogP) is 3.54. The first kappa shape index (κ1) is 13.1. The van der Waals surface area contributed by atoms with Crippen LogP contribution in [0.2, 0.25) is 0 Å². The zero-order valence-corrected chi connectivity index (χ0v) is 11.7. The van der Waals surface area contributed by atoms with Gasteiger partial charge in [-0.3, -0.25) is 0 Å². The Bertz CT molecular complexity index is 368. The van der Waals surface area contributed by atoms with Gasteiger partial charge in [-0.2, -0.15) is 0 Å². The molecular weight excluding hydrogens is 234 g/mol. The fourth-order valence-corrected chi connectivity index (χ4v) is 3.05. The maximum Gasteiger partial charge on any atom is 0.0865 e. The molecule has 0 aromatic heterocycles. The molecule has 1 unspecified atom stereocenters. The fourth-order valence-electron chi connectivity index (χ4n) is 3.05. The van der Waals surface area contributed by atoms with E-state index in [1.165, 1.54) is 44.2 Å². The molecule has 1 aromatic rings. The van der Waals surface area contributed by atoms with E-state index in [0.29, 0.717) is 5.92 Å². The molecule has 1 aliphatic heterocycles. The molecule has 2 atom stereocenters. The number of hydrogen-bond acceptors (Lipinski definition) is 2. The lowest BCUT2D eigenvalue weighted by atomic mass is 9.89. The molecule has 0 radical (unpaired) electrons. The Kier molecular flexibility index (Phi) is 4.52. The van der Waals surface area contributed by atoms with Gasteiger partial charge in [0.2, 0.25) is 0 Å². The van der Waals surface area contributed by atoms with Crippen molar-refractivity contribution in [3.63, 3.8) is 0 Å². The van der Waals surface area contributed by atoms with E-state index >= 15 is 0 Å². The van der Waals surface area contributed by atoms with Crippen molar-refractivity contribution in [2.24, 2.45) is 11.8 Å². The van der Waals surface area contributed by atoms with Gasteiger partial charge in [-0.1, -0.05) is 43.2 Å². The standard InChI is InChI=1S/C17H25NO/c1-2-5-15(6-3-1)17(16-7-4-11-18-13-16)19-12-10-14-8-9-14/h1-3,5-6,14,16-18H,4,7-13H2/t16-,17?/m1/s1. The Labute approximate surface area is 116 Å². The third kappa shape index (κ3) is 3.80. The van der Waals surface area contributed by atoms with Crippen LogP contribution in [0.25, 0.3) is 0 Å². The van der Waals surface area contributed by atoms with Crippen LogP contribution in [-0.2, 0) is 4.74 Å². The second-order valence-corrected chi connectivity index (χ2v) is 6.04. The van der Waals surface area contributed by atoms with Gasteiger partial charge in [0.1, 0.15) is 0 Å². The molecule has 2 aliphatic rings. The molecule has 1 saturated carbocycles. The third-order valence-electron chi connectivity index (χ3n) is 4.41. The van der Waals surface area contributed by atoms with Gasteiger partial charge < -0.3 is 10.1 Å². The predicted molar refractivity (Wildman–Crippen MR) is 78.1 cm³/mol. The zero-order chi connectivity index (χ0) is 12.9. The molecular formula is C17H25NO. The lowest BCUT2D eigenvalue weighted by Crippen LogP contribution is -2.34. The van der Waals surface area contributed by atoms with E-state index in [2.05, 4.69) is 35.6 Å². The summed E-state index contributed by atoms with van der Waals surface area (Å²) in [5.41, 5.74) is 1.35. The Hall–Kier alpha value is -0.860. The van der Waals surface area contributed by atoms with Crippen LogP contribution in [0.1, 0.15) is 43.8 Å². The van der Waals surface area contributed by atoms with Gasteiger partial charge in [-0.05, 0) is 37.3 Å². The summed E-state index contributed by atoms with van der Waals surface area (Å²) in [6.07, 6.45) is 6.95. The highest BCUT2D eigenvalue weighted by molar-refractivity contribution is 5.18. The van der Waals surface area contributed by atoms with Gasteiger partial charge in [0.15, 0.2) is 0 Å². The van der Waals surface area contributed by atoms with Crippen molar-refractivity contribution < 1.29 is 4.74 Å². The van der Waals surface area contributed by atoms with E-state index < -0.39 is 0 Å². The Balaban J connectivity index is 1.62. The summed E-state index contributed by atoms with van der Waals surface area (Å²) < 4.78 is 6.28. The van der Waals surface area contributed by atoms with Gasteiger partial charge in [0.25, 0.3) is 0 Å². The maximum atomic E-state index is 6.28. The first-order valence-electron chi connectivity index (χ1n) is 7.81. The van der Waals surface area contributed by atoms with Gasteiger partial charge in [0, 0.05) is 19.1 Å². The second kappa shape index (κ2) is 6.53. The van der Waals surface area contributed by atoms with Gasteiger partial charge in [-0.25, -0.2) is 0 Å². The Morgan fingerprint density at radius 2 is 2.00 bits per heavy atom. The van der Waals surface area contributed by atoms with Crippen LogP contribution in [0.3, 0.4) is 0 Å². The van der Waals surface area contributed by atoms with Crippen LogP contribution >= 0.6 is 0 Å². The molecule has 1 heterocycles. The molecule has 1 N–H and O–H groups in total. The average molecular weight is 259 g/mol. The van der Waals surface area contributed by atoms with Crippen LogP contribution in [0.4, 0.5) is 0 Å². The number of hydrogen-bond donors (Lipinski definition) is 1. The molecule has 2 nitrogen and oxygen atoms in total. The smallest absolute Gasteiger partial charge is 0.0865 e. The minimum atomic E-state index is 0.285. The van der Waals surface area contributed by atoms with Crippen molar-refractivity contribution in [3.05, 3.63) is 35.9 Å². The molecule has 0 spiro atoms. The Morgan fingerprint density at radius 3 is 2.68 bits per heavy atom. The summed E-state index contributed by atoms with van der Waals surface area (Å²) in [6, 6.07) is 10.8. The van der Waals surface area contributed by atoms with E-state index in [4.69, 9.17) is 4.74 Å². The summed E-state index contributed by atoms with van der Waals surface area (Å²) >= 11 is 0. The largest absolute Gasteiger partial charge is 0.373 e. The third-order valence-corrected chi connectivity index (χ3v) is 4.41. The summed E-state index contributed by atoms with van der Waals surface area (Å²) in [5.74, 6) is 1.59. The number of nitrogens with one attached hydrogen (secondary N) is 1. The first-order chi connectivity index (χ1) is 9.43. The SMILES string of the molecule is c1ccc(C(OCCC2CC2)[C@@H]2CCCNC2)cc1. The molecule has 0 bridgehead atoms. The lowest BCUT2D eigenvalue weighted by molar-refractivity contribution is 0.000133. The maximum absolute atomic E-state index is 6.28. The number of rotatable bonds is 6. The lowest BCUT2D eigenvalue weighted by Gasteiger charge is -2.31. The molecule has 19 heavy (non-hydrogen) atoms. The molecule has 104 valence electrons. The molecule has 3 rings (SSSR count). The van der Waals surface area contributed by atoms with Crippen LogP contribution in [-0.4, -0.2) is 19.7 Å². The summed E-state index contributed by atoms with van der Waals surface area (Å²) in [6.45, 7) is 3.20. The number of ether oxygens (including phenoxy) is 1. The number of piperidine rings is 1. The molecule has 1 aliphatic carbocycles.